The Balaban J connectivity index is 2.11. The first kappa shape index (κ1) is 12.8. The number of hydrogen-bond acceptors (Lipinski definition) is 1. The third-order valence-corrected chi connectivity index (χ3v) is 4.09. The molecule has 1 aromatic rings. The largest absolute Gasteiger partial charge is 0.317 e. The van der Waals surface area contributed by atoms with E-state index < -0.39 is 0 Å². The molecule has 2 unspecified atom stereocenters. The fourth-order valence-electron chi connectivity index (χ4n) is 2.82. The molecule has 17 heavy (non-hydrogen) atoms. The Hall–Kier alpha value is -0.600. The first-order valence-electron chi connectivity index (χ1n) is 6.32. The van der Waals surface area contributed by atoms with E-state index in [1.807, 2.05) is 19.2 Å². The van der Waals surface area contributed by atoms with E-state index in [2.05, 4.69) is 5.32 Å². The van der Waals surface area contributed by atoms with Crippen LogP contribution in [0.1, 0.15) is 31.2 Å². The fraction of sp³-hybridized carbons (Fsp3) is 0.571. The molecule has 2 rings (SSSR count). The van der Waals surface area contributed by atoms with Crippen LogP contribution in [0.2, 0.25) is 5.02 Å². The maximum absolute atomic E-state index is 13.8. The van der Waals surface area contributed by atoms with E-state index in [1.54, 1.807) is 6.07 Å². The second kappa shape index (κ2) is 5.83. The lowest BCUT2D eigenvalue weighted by Crippen LogP contribution is -2.37. The predicted octanol–water partition coefficient (Wildman–Crippen LogP) is 3.80. The van der Waals surface area contributed by atoms with Crippen LogP contribution < -0.4 is 5.32 Å². The Morgan fingerprint density at radius 1 is 1.35 bits per heavy atom. The molecular formula is C14H19ClFN. The quantitative estimate of drug-likeness (QED) is 0.866. The van der Waals surface area contributed by atoms with Gasteiger partial charge in [0.1, 0.15) is 5.82 Å². The summed E-state index contributed by atoms with van der Waals surface area (Å²) in [6.45, 7) is 0. The first-order valence-corrected chi connectivity index (χ1v) is 6.70. The van der Waals surface area contributed by atoms with Crippen molar-refractivity contribution in [2.75, 3.05) is 7.05 Å². The van der Waals surface area contributed by atoms with Gasteiger partial charge in [-0.3, -0.25) is 0 Å². The number of halogens is 2. The van der Waals surface area contributed by atoms with Crippen molar-refractivity contribution in [3.8, 4) is 0 Å². The first-order chi connectivity index (χ1) is 8.22. The van der Waals surface area contributed by atoms with Crippen molar-refractivity contribution in [2.45, 2.75) is 38.1 Å². The molecule has 1 fully saturated rings. The highest BCUT2D eigenvalue weighted by molar-refractivity contribution is 6.30. The van der Waals surface area contributed by atoms with E-state index in [4.69, 9.17) is 11.6 Å². The molecule has 0 bridgehead atoms. The zero-order chi connectivity index (χ0) is 12.3. The second-order valence-electron chi connectivity index (χ2n) is 4.86. The molecule has 0 aliphatic heterocycles. The summed E-state index contributed by atoms with van der Waals surface area (Å²) in [5.74, 6) is 0.288. The van der Waals surface area contributed by atoms with E-state index >= 15 is 0 Å². The smallest absolute Gasteiger partial charge is 0.144 e. The molecule has 1 aliphatic carbocycles. The Bertz CT molecular complexity index is 380. The van der Waals surface area contributed by atoms with Gasteiger partial charge >= 0.3 is 0 Å². The van der Waals surface area contributed by atoms with Crippen LogP contribution in [0.25, 0.3) is 0 Å². The third-order valence-electron chi connectivity index (χ3n) is 3.79. The van der Waals surface area contributed by atoms with Gasteiger partial charge in [0.05, 0.1) is 5.02 Å². The monoisotopic (exact) mass is 255 g/mol. The summed E-state index contributed by atoms with van der Waals surface area (Å²) in [6.07, 6.45) is 5.70. The van der Waals surface area contributed by atoms with E-state index in [0.29, 0.717) is 12.0 Å². The summed E-state index contributed by atoms with van der Waals surface area (Å²) in [5, 5.41) is 3.59. The highest BCUT2D eigenvalue weighted by Gasteiger charge is 2.24. The molecule has 2 atom stereocenters. The maximum atomic E-state index is 13.8. The fourth-order valence-corrected chi connectivity index (χ4v) is 3.01. The summed E-state index contributed by atoms with van der Waals surface area (Å²) in [4.78, 5) is 0. The molecule has 3 heteroatoms. The molecule has 1 saturated carbocycles. The van der Waals surface area contributed by atoms with Crippen LogP contribution in [0.3, 0.4) is 0 Å². The number of benzene rings is 1. The minimum Gasteiger partial charge on any atom is -0.317 e. The third kappa shape index (κ3) is 2.99. The molecule has 0 saturated heterocycles. The lowest BCUT2D eigenvalue weighted by Gasteiger charge is -2.31. The van der Waals surface area contributed by atoms with Crippen molar-refractivity contribution in [3.63, 3.8) is 0 Å². The molecule has 1 aliphatic rings. The SMILES string of the molecule is CNC1CCCCC1Cc1cccc(Cl)c1F. The van der Waals surface area contributed by atoms with Crippen LogP contribution in [-0.2, 0) is 6.42 Å². The molecule has 0 amide bonds. The highest BCUT2D eigenvalue weighted by atomic mass is 35.5. The summed E-state index contributed by atoms with van der Waals surface area (Å²) in [5.41, 5.74) is 0.754. The van der Waals surface area contributed by atoms with Gasteiger partial charge in [0.2, 0.25) is 0 Å². The van der Waals surface area contributed by atoms with E-state index in [0.717, 1.165) is 12.0 Å². The van der Waals surface area contributed by atoms with Crippen LogP contribution in [0.15, 0.2) is 18.2 Å². The average molecular weight is 256 g/mol. The number of nitrogens with one attached hydrogen (secondary N) is 1. The van der Waals surface area contributed by atoms with Crippen LogP contribution in [-0.4, -0.2) is 13.1 Å². The lowest BCUT2D eigenvalue weighted by atomic mass is 9.81. The topological polar surface area (TPSA) is 12.0 Å². The van der Waals surface area contributed by atoms with Crippen molar-refractivity contribution in [2.24, 2.45) is 5.92 Å². The van der Waals surface area contributed by atoms with Crippen LogP contribution in [0.4, 0.5) is 4.39 Å². The number of rotatable bonds is 3. The van der Waals surface area contributed by atoms with Crippen LogP contribution in [0.5, 0.6) is 0 Å². The van der Waals surface area contributed by atoms with Crippen LogP contribution in [0, 0.1) is 11.7 Å². The average Bonchev–Trinajstić information content (AvgIpc) is 2.35. The highest BCUT2D eigenvalue weighted by Crippen LogP contribution is 2.29. The normalized spacial score (nSPS) is 24.9. The van der Waals surface area contributed by atoms with E-state index in [9.17, 15) is 4.39 Å². The van der Waals surface area contributed by atoms with Crippen molar-refractivity contribution in [1.82, 2.24) is 5.32 Å². The molecular weight excluding hydrogens is 237 g/mol. The zero-order valence-corrected chi connectivity index (χ0v) is 10.9. The van der Waals surface area contributed by atoms with Crippen molar-refractivity contribution < 1.29 is 4.39 Å². The molecule has 1 aromatic carbocycles. The molecule has 94 valence electrons. The van der Waals surface area contributed by atoms with Crippen molar-refractivity contribution in [3.05, 3.63) is 34.6 Å². The molecule has 0 heterocycles. The summed E-state index contributed by atoms with van der Waals surface area (Å²) < 4.78 is 13.8. The Labute approximate surface area is 107 Å². The standard InChI is InChI=1S/C14H19ClFN/c1-17-13-8-3-2-5-10(13)9-11-6-4-7-12(15)14(11)16/h4,6-7,10,13,17H,2-3,5,8-9H2,1H3. The van der Waals surface area contributed by atoms with Gasteiger partial charge in [-0.2, -0.15) is 0 Å². The van der Waals surface area contributed by atoms with Crippen molar-refractivity contribution >= 4 is 11.6 Å². The van der Waals surface area contributed by atoms with Gasteiger partial charge in [-0.1, -0.05) is 36.6 Å². The van der Waals surface area contributed by atoms with Gasteiger partial charge in [-0.05, 0) is 43.9 Å². The summed E-state index contributed by atoms with van der Waals surface area (Å²) in [6, 6.07) is 5.80. The van der Waals surface area contributed by atoms with Gasteiger partial charge < -0.3 is 5.32 Å². The summed E-state index contributed by atoms with van der Waals surface area (Å²) >= 11 is 5.81. The minimum absolute atomic E-state index is 0.235. The lowest BCUT2D eigenvalue weighted by molar-refractivity contribution is 0.271. The van der Waals surface area contributed by atoms with Gasteiger partial charge in [0, 0.05) is 6.04 Å². The Morgan fingerprint density at radius 3 is 2.88 bits per heavy atom. The van der Waals surface area contributed by atoms with Crippen molar-refractivity contribution in [1.29, 1.82) is 0 Å². The molecule has 1 N–H and O–H groups in total. The molecule has 0 radical (unpaired) electrons. The zero-order valence-electron chi connectivity index (χ0n) is 10.2. The van der Waals surface area contributed by atoms with Gasteiger partial charge in [0.25, 0.3) is 0 Å². The Morgan fingerprint density at radius 2 is 2.12 bits per heavy atom. The number of hydrogen-bond donors (Lipinski definition) is 1. The molecule has 0 spiro atoms. The predicted molar refractivity (Wildman–Crippen MR) is 69.9 cm³/mol. The summed E-state index contributed by atoms with van der Waals surface area (Å²) in [7, 11) is 2.00. The van der Waals surface area contributed by atoms with Gasteiger partial charge in [0.15, 0.2) is 0 Å². The van der Waals surface area contributed by atoms with Gasteiger partial charge in [-0.15, -0.1) is 0 Å². The van der Waals surface area contributed by atoms with Gasteiger partial charge in [-0.25, -0.2) is 4.39 Å². The minimum atomic E-state index is -0.241. The van der Waals surface area contributed by atoms with E-state index in [-0.39, 0.29) is 10.8 Å². The van der Waals surface area contributed by atoms with Crippen LogP contribution >= 0.6 is 11.6 Å². The second-order valence-corrected chi connectivity index (χ2v) is 5.26. The molecule has 1 nitrogen and oxygen atoms in total. The maximum Gasteiger partial charge on any atom is 0.144 e. The Kier molecular flexibility index (Phi) is 4.41. The van der Waals surface area contributed by atoms with E-state index in [1.165, 1.54) is 25.7 Å². The molecule has 0 aromatic heterocycles.